The lowest BCUT2D eigenvalue weighted by Gasteiger charge is -2.23. The minimum Gasteiger partial charge on any atom is -0.444 e. The van der Waals surface area contributed by atoms with Crippen molar-refractivity contribution in [3.05, 3.63) is 0 Å². The quantitative estimate of drug-likeness (QED) is 0.621. The van der Waals surface area contributed by atoms with Gasteiger partial charge in [0.25, 0.3) is 0 Å². The minimum atomic E-state index is -0.438. The van der Waals surface area contributed by atoms with Crippen LogP contribution in [0, 0.1) is 5.92 Å². The zero-order valence-electron chi connectivity index (χ0n) is 9.54. The number of carbonyl (C=O) groups excluding carboxylic acids is 1. The second kappa shape index (κ2) is 3.09. The standard InChI is InChI=1S/C10H19N3O2/c1-9(2,3)15-8(14)12-10-4-7(10)5-13(11)6-10/h7H,4-6,11H2,1-3H3,(H,12,14)/t7-,10-/m0/s1. The highest BCUT2D eigenvalue weighted by Crippen LogP contribution is 2.48. The minimum absolute atomic E-state index is 0.100. The first-order chi connectivity index (χ1) is 6.81. The molecule has 15 heavy (non-hydrogen) atoms. The summed E-state index contributed by atoms with van der Waals surface area (Å²) in [6, 6.07) is 0. The number of hydrogen-bond donors (Lipinski definition) is 2. The van der Waals surface area contributed by atoms with Gasteiger partial charge in [-0.3, -0.25) is 5.84 Å². The van der Waals surface area contributed by atoms with Crippen molar-refractivity contribution in [3.8, 4) is 0 Å². The van der Waals surface area contributed by atoms with Gasteiger partial charge in [-0.15, -0.1) is 0 Å². The molecule has 0 spiro atoms. The summed E-state index contributed by atoms with van der Waals surface area (Å²) in [7, 11) is 0. The first-order valence-electron chi connectivity index (χ1n) is 5.32. The van der Waals surface area contributed by atoms with E-state index < -0.39 is 5.60 Å². The maximum absolute atomic E-state index is 11.6. The number of ether oxygens (including phenoxy) is 1. The number of nitrogens with zero attached hydrogens (tertiary/aromatic N) is 1. The number of hydrazine groups is 1. The molecule has 3 N–H and O–H groups in total. The fourth-order valence-corrected chi connectivity index (χ4v) is 2.22. The summed E-state index contributed by atoms with van der Waals surface area (Å²) < 4.78 is 5.22. The van der Waals surface area contributed by atoms with Gasteiger partial charge in [-0.25, -0.2) is 9.80 Å². The molecule has 1 aliphatic carbocycles. The number of carbonyl (C=O) groups is 1. The fraction of sp³-hybridized carbons (Fsp3) is 0.900. The van der Waals surface area contributed by atoms with Gasteiger partial charge in [-0.1, -0.05) is 0 Å². The molecule has 0 aromatic heterocycles. The molecule has 2 aliphatic rings. The van der Waals surface area contributed by atoms with Gasteiger partial charge in [-0.05, 0) is 33.1 Å². The van der Waals surface area contributed by atoms with Crippen LogP contribution in [0.3, 0.4) is 0 Å². The van der Waals surface area contributed by atoms with Gasteiger partial charge in [-0.2, -0.15) is 0 Å². The van der Waals surface area contributed by atoms with Crippen LogP contribution >= 0.6 is 0 Å². The zero-order valence-corrected chi connectivity index (χ0v) is 9.54. The van der Waals surface area contributed by atoms with Crippen molar-refractivity contribution in [1.82, 2.24) is 10.3 Å². The Kier molecular flexibility index (Phi) is 2.20. The Morgan fingerprint density at radius 2 is 2.27 bits per heavy atom. The van der Waals surface area contributed by atoms with Crippen molar-refractivity contribution in [3.63, 3.8) is 0 Å². The van der Waals surface area contributed by atoms with E-state index in [4.69, 9.17) is 10.6 Å². The van der Waals surface area contributed by atoms with Gasteiger partial charge in [0, 0.05) is 13.1 Å². The molecule has 1 amide bonds. The molecule has 0 radical (unpaired) electrons. The lowest BCUT2D eigenvalue weighted by atomic mass is 10.2. The van der Waals surface area contributed by atoms with E-state index in [1.807, 2.05) is 20.8 Å². The number of amides is 1. The molecule has 1 heterocycles. The second-order valence-electron chi connectivity index (χ2n) is 5.61. The monoisotopic (exact) mass is 213 g/mol. The van der Waals surface area contributed by atoms with E-state index in [1.165, 1.54) is 0 Å². The molecule has 5 nitrogen and oxygen atoms in total. The van der Waals surface area contributed by atoms with Crippen molar-refractivity contribution < 1.29 is 9.53 Å². The van der Waals surface area contributed by atoms with E-state index in [9.17, 15) is 4.79 Å². The molecule has 1 saturated heterocycles. The summed E-state index contributed by atoms with van der Waals surface area (Å²) in [6.07, 6.45) is 0.695. The molecule has 0 bridgehead atoms. The molecule has 86 valence electrons. The van der Waals surface area contributed by atoms with E-state index in [1.54, 1.807) is 5.01 Å². The van der Waals surface area contributed by atoms with E-state index in [0.717, 1.165) is 19.5 Å². The number of fused-ring (bicyclic) bond motifs is 1. The fourth-order valence-electron chi connectivity index (χ4n) is 2.22. The molecule has 2 rings (SSSR count). The Morgan fingerprint density at radius 1 is 1.60 bits per heavy atom. The van der Waals surface area contributed by atoms with Crippen LogP contribution in [0.4, 0.5) is 4.79 Å². The Balaban J connectivity index is 1.86. The van der Waals surface area contributed by atoms with Crippen LogP contribution in [0.1, 0.15) is 27.2 Å². The van der Waals surface area contributed by atoms with Gasteiger partial charge in [0.2, 0.25) is 0 Å². The van der Waals surface area contributed by atoms with Crippen molar-refractivity contribution in [2.75, 3.05) is 13.1 Å². The summed E-state index contributed by atoms with van der Waals surface area (Å²) in [4.78, 5) is 11.6. The molecule has 1 saturated carbocycles. The highest BCUT2D eigenvalue weighted by molar-refractivity contribution is 5.70. The maximum atomic E-state index is 11.6. The van der Waals surface area contributed by atoms with E-state index in [2.05, 4.69) is 5.32 Å². The average molecular weight is 213 g/mol. The molecule has 0 unspecified atom stereocenters. The Morgan fingerprint density at radius 3 is 2.73 bits per heavy atom. The van der Waals surface area contributed by atoms with Crippen LogP contribution in [-0.4, -0.2) is 35.3 Å². The molecule has 5 heteroatoms. The first kappa shape index (κ1) is 10.7. The number of alkyl carbamates (subject to hydrolysis) is 1. The smallest absolute Gasteiger partial charge is 0.408 e. The number of nitrogens with one attached hydrogen (secondary N) is 1. The van der Waals surface area contributed by atoms with Gasteiger partial charge < -0.3 is 10.1 Å². The van der Waals surface area contributed by atoms with Gasteiger partial charge in [0.15, 0.2) is 0 Å². The van der Waals surface area contributed by atoms with Crippen LogP contribution < -0.4 is 11.2 Å². The number of nitrogens with two attached hydrogens (primary N) is 1. The van der Waals surface area contributed by atoms with E-state index in [0.29, 0.717) is 5.92 Å². The highest BCUT2D eigenvalue weighted by atomic mass is 16.6. The molecule has 2 fully saturated rings. The molecule has 0 aromatic carbocycles. The second-order valence-corrected chi connectivity index (χ2v) is 5.61. The normalized spacial score (nSPS) is 34.8. The Bertz CT molecular complexity index is 287. The topological polar surface area (TPSA) is 67.6 Å². The van der Waals surface area contributed by atoms with Crippen LogP contribution in [0.15, 0.2) is 0 Å². The van der Waals surface area contributed by atoms with Crippen LogP contribution in [-0.2, 0) is 4.74 Å². The summed E-state index contributed by atoms with van der Waals surface area (Å²) in [5.74, 6) is 6.19. The summed E-state index contributed by atoms with van der Waals surface area (Å²) >= 11 is 0. The first-order valence-corrected chi connectivity index (χ1v) is 5.32. The largest absolute Gasteiger partial charge is 0.444 e. The summed E-state index contributed by atoms with van der Waals surface area (Å²) in [5.41, 5.74) is -0.538. The van der Waals surface area contributed by atoms with Gasteiger partial charge in [0.05, 0.1) is 5.54 Å². The molecular weight excluding hydrogens is 194 g/mol. The molecule has 1 aliphatic heterocycles. The third-order valence-electron chi connectivity index (χ3n) is 2.92. The van der Waals surface area contributed by atoms with Crippen LogP contribution in [0.5, 0.6) is 0 Å². The van der Waals surface area contributed by atoms with E-state index in [-0.39, 0.29) is 11.6 Å². The SMILES string of the molecule is CC(C)(C)OC(=O)N[C@]12C[C@H]1CN(N)C2. The van der Waals surface area contributed by atoms with Crippen molar-refractivity contribution >= 4 is 6.09 Å². The predicted octanol–water partition coefficient (Wildman–Crippen LogP) is 0.459. The number of hydrogen-bond acceptors (Lipinski definition) is 4. The Hall–Kier alpha value is -0.810. The van der Waals surface area contributed by atoms with Gasteiger partial charge >= 0.3 is 6.09 Å². The predicted molar refractivity (Wildman–Crippen MR) is 56.0 cm³/mol. The van der Waals surface area contributed by atoms with Gasteiger partial charge in [0.1, 0.15) is 5.60 Å². The third-order valence-corrected chi connectivity index (χ3v) is 2.92. The maximum Gasteiger partial charge on any atom is 0.408 e. The van der Waals surface area contributed by atoms with Crippen LogP contribution in [0.2, 0.25) is 0 Å². The van der Waals surface area contributed by atoms with E-state index >= 15 is 0 Å². The summed E-state index contributed by atoms with van der Waals surface area (Å²) in [5, 5.41) is 4.69. The van der Waals surface area contributed by atoms with Crippen LogP contribution in [0.25, 0.3) is 0 Å². The highest BCUT2D eigenvalue weighted by Gasteiger charge is 2.60. The Labute approximate surface area is 89.9 Å². The number of piperidine rings is 1. The summed E-state index contributed by atoms with van der Waals surface area (Å²) in [6.45, 7) is 7.18. The lowest BCUT2D eigenvalue weighted by molar-refractivity contribution is 0.0492. The molecule has 2 atom stereocenters. The van der Waals surface area contributed by atoms with Crippen molar-refractivity contribution in [2.24, 2.45) is 11.8 Å². The number of rotatable bonds is 1. The molecule has 0 aromatic rings. The zero-order chi connectivity index (χ0) is 11.3. The average Bonchev–Trinajstić information content (AvgIpc) is 2.47. The third kappa shape index (κ3) is 2.23. The van der Waals surface area contributed by atoms with Crippen molar-refractivity contribution in [1.29, 1.82) is 0 Å². The lowest BCUT2D eigenvalue weighted by Crippen LogP contribution is -2.45. The van der Waals surface area contributed by atoms with Crippen molar-refractivity contribution in [2.45, 2.75) is 38.3 Å². The molecular formula is C10H19N3O2.